The molecule has 0 N–H and O–H groups in total. The van der Waals surface area contributed by atoms with Crippen molar-refractivity contribution >= 4 is 23.5 Å². The molecule has 1 fully saturated rings. The summed E-state index contributed by atoms with van der Waals surface area (Å²) in [7, 11) is 0. The number of ether oxygens (including phenoxy) is 1. The highest BCUT2D eigenvalue weighted by molar-refractivity contribution is 8.00. The number of hydrogen-bond acceptors (Lipinski definition) is 4. The lowest BCUT2D eigenvalue weighted by Gasteiger charge is -2.22. The zero-order chi connectivity index (χ0) is 12.8. The van der Waals surface area contributed by atoms with Crippen LogP contribution in [-0.4, -0.2) is 24.2 Å². The SMILES string of the molecule is CCSc1cccc(SC2CCOCC2)c1C#N. The molecule has 0 radical (unpaired) electrons. The van der Waals surface area contributed by atoms with Crippen LogP contribution in [0.5, 0.6) is 0 Å². The Balaban J connectivity index is 2.16. The van der Waals surface area contributed by atoms with E-state index < -0.39 is 0 Å². The van der Waals surface area contributed by atoms with Gasteiger partial charge in [0.2, 0.25) is 0 Å². The molecule has 96 valence electrons. The zero-order valence-electron chi connectivity index (χ0n) is 10.5. The Hall–Kier alpha value is -0.630. The molecule has 0 saturated carbocycles. The minimum Gasteiger partial charge on any atom is -0.381 e. The highest BCUT2D eigenvalue weighted by Crippen LogP contribution is 2.35. The predicted octanol–water partition coefficient (Wildman–Crippen LogP) is 3.94. The molecule has 1 aliphatic heterocycles. The molecule has 0 amide bonds. The number of benzene rings is 1. The van der Waals surface area contributed by atoms with Crippen LogP contribution in [0, 0.1) is 11.3 Å². The number of nitriles is 1. The fourth-order valence-corrected chi connectivity index (χ4v) is 4.04. The molecular formula is C14H17NOS2. The summed E-state index contributed by atoms with van der Waals surface area (Å²) in [5, 5.41) is 9.94. The minimum atomic E-state index is 0.590. The van der Waals surface area contributed by atoms with Crippen LogP contribution in [0.1, 0.15) is 25.3 Å². The average molecular weight is 279 g/mol. The summed E-state index contributed by atoms with van der Waals surface area (Å²) in [6, 6.07) is 8.53. The van der Waals surface area contributed by atoms with Crippen molar-refractivity contribution in [2.24, 2.45) is 0 Å². The summed E-state index contributed by atoms with van der Waals surface area (Å²) in [5.74, 6) is 1.00. The van der Waals surface area contributed by atoms with Crippen molar-refractivity contribution in [3.05, 3.63) is 23.8 Å². The fourth-order valence-electron chi connectivity index (χ4n) is 1.97. The molecule has 1 aromatic carbocycles. The first-order chi connectivity index (χ1) is 8.85. The van der Waals surface area contributed by atoms with Gasteiger partial charge in [0.15, 0.2) is 0 Å². The van der Waals surface area contributed by atoms with Gasteiger partial charge in [-0.3, -0.25) is 0 Å². The molecule has 1 saturated heterocycles. The summed E-state index contributed by atoms with van der Waals surface area (Å²) >= 11 is 3.58. The molecule has 2 nitrogen and oxygen atoms in total. The van der Waals surface area contributed by atoms with Crippen molar-refractivity contribution in [1.29, 1.82) is 5.26 Å². The second-order valence-electron chi connectivity index (χ2n) is 4.10. The van der Waals surface area contributed by atoms with Gasteiger partial charge in [0.25, 0.3) is 0 Å². The lowest BCUT2D eigenvalue weighted by molar-refractivity contribution is 0.100. The second-order valence-corrected chi connectivity index (χ2v) is 6.75. The summed E-state index contributed by atoms with van der Waals surface area (Å²) in [6.07, 6.45) is 2.17. The molecular weight excluding hydrogens is 262 g/mol. The predicted molar refractivity (Wildman–Crippen MR) is 77.3 cm³/mol. The number of rotatable bonds is 4. The van der Waals surface area contributed by atoms with E-state index in [9.17, 15) is 5.26 Å². The molecule has 1 aromatic rings. The summed E-state index contributed by atoms with van der Waals surface area (Å²) < 4.78 is 5.37. The highest BCUT2D eigenvalue weighted by atomic mass is 32.2. The van der Waals surface area contributed by atoms with E-state index in [2.05, 4.69) is 25.1 Å². The van der Waals surface area contributed by atoms with Crippen molar-refractivity contribution in [3.8, 4) is 6.07 Å². The zero-order valence-corrected chi connectivity index (χ0v) is 12.1. The molecule has 2 rings (SSSR count). The van der Waals surface area contributed by atoms with Gasteiger partial charge < -0.3 is 4.74 Å². The Morgan fingerprint density at radius 2 is 2.06 bits per heavy atom. The van der Waals surface area contributed by atoms with E-state index in [0.717, 1.165) is 47.2 Å². The Kier molecular flexibility index (Phi) is 5.43. The molecule has 18 heavy (non-hydrogen) atoms. The van der Waals surface area contributed by atoms with Crippen LogP contribution >= 0.6 is 23.5 Å². The van der Waals surface area contributed by atoms with Crippen molar-refractivity contribution in [2.75, 3.05) is 19.0 Å². The van der Waals surface area contributed by atoms with Gasteiger partial charge in [0.05, 0.1) is 5.56 Å². The number of thioether (sulfide) groups is 2. The summed E-state index contributed by atoms with van der Waals surface area (Å²) in [4.78, 5) is 2.24. The van der Waals surface area contributed by atoms with Gasteiger partial charge in [-0.25, -0.2) is 0 Å². The van der Waals surface area contributed by atoms with Crippen LogP contribution in [0.25, 0.3) is 0 Å². The fraction of sp³-hybridized carbons (Fsp3) is 0.500. The molecule has 4 heteroatoms. The first-order valence-corrected chi connectivity index (χ1v) is 8.12. The third-order valence-electron chi connectivity index (χ3n) is 2.86. The van der Waals surface area contributed by atoms with Gasteiger partial charge >= 0.3 is 0 Å². The lowest BCUT2D eigenvalue weighted by atomic mass is 10.2. The van der Waals surface area contributed by atoms with Gasteiger partial charge in [-0.2, -0.15) is 5.26 Å². The number of hydrogen-bond donors (Lipinski definition) is 0. The van der Waals surface area contributed by atoms with Crippen LogP contribution in [-0.2, 0) is 4.74 Å². The second kappa shape index (κ2) is 7.08. The van der Waals surface area contributed by atoms with E-state index in [-0.39, 0.29) is 0 Å². The third kappa shape index (κ3) is 3.44. The Labute approximate surface area is 117 Å². The van der Waals surface area contributed by atoms with Gasteiger partial charge in [-0.1, -0.05) is 13.0 Å². The molecule has 0 bridgehead atoms. The Bertz CT molecular complexity index is 436. The van der Waals surface area contributed by atoms with Crippen LogP contribution in [0.3, 0.4) is 0 Å². The topological polar surface area (TPSA) is 33.0 Å². The van der Waals surface area contributed by atoms with Gasteiger partial charge in [-0.05, 0) is 30.7 Å². The Morgan fingerprint density at radius 1 is 1.33 bits per heavy atom. The molecule has 0 aliphatic carbocycles. The standard InChI is InChI=1S/C14H17NOS2/c1-2-17-13-4-3-5-14(12(13)10-15)18-11-6-8-16-9-7-11/h3-5,11H,2,6-9H2,1H3. The maximum absolute atomic E-state index is 9.35. The Morgan fingerprint density at radius 3 is 2.72 bits per heavy atom. The first kappa shape index (κ1) is 13.8. The minimum absolute atomic E-state index is 0.590. The van der Waals surface area contributed by atoms with E-state index in [1.807, 2.05) is 17.8 Å². The van der Waals surface area contributed by atoms with Crippen LogP contribution in [0.15, 0.2) is 28.0 Å². The molecule has 1 heterocycles. The van der Waals surface area contributed by atoms with Crippen LogP contribution in [0.2, 0.25) is 0 Å². The van der Waals surface area contributed by atoms with Crippen molar-refractivity contribution in [3.63, 3.8) is 0 Å². The van der Waals surface area contributed by atoms with Gasteiger partial charge in [0, 0.05) is 28.3 Å². The smallest absolute Gasteiger partial charge is 0.101 e. The van der Waals surface area contributed by atoms with Crippen molar-refractivity contribution in [2.45, 2.75) is 34.8 Å². The molecule has 0 unspecified atom stereocenters. The van der Waals surface area contributed by atoms with Crippen molar-refractivity contribution < 1.29 is 4.74 Å². The first-order valence-electron chi connectivity index (χ1n) is 6.25. The summed E-state index contributed by atoms with van der Waals surface area (Å²) in [5.41, 5.74) is 0.848. The normalized spacial score (nSPS) is 16.4. The molecule has 1 aliphatic rings. The van der Waals surface area contributed by atoms with E-state index in [0.29, 0.717) is 5.25 Å². The van der Waals surface area contributed by atoms with Crippen LogP contribution < -0.4 is 0 Å². The van der Waals surface area contributed by atoms with E-state index >= 15 is 0 Å². The average Bonchev–Trinajstić information content (AvgIpc) is 2.41. The lowest BCUT2D eigenvalue weighted by Crippen LogP contribution is -2.17. The summed E-state index contributed by atoms with van der Waals surface area (Å²) in [6.45, 7) is 3.82. The van der Waals surface area contributed by atoms with Gasteiger partial charge in [0.1, 0.15) is 6.07 Å². The molecule has 0 atom stereocenters. The van der Waals surface area contributed by atoms with Crippen molar-refractivity contribution in [1.82, 2.24) is 0 Å². The van der Waals surface area contributed by atoms with Gasteiger partial charge in [-0.15, -0.1) is 23.5 Å². The largest absolute Gasteiger partial charge is 0.381 e. The van der Waals surface area contributed by atoms with Crippen LogP contribution in [0.4, 0.5) is 0 Å². The molecule has 0 spiro atoms. The maximum atomic E-state index is 9.35. The van der Waals surface area contributed by atoms with E-state index in [1.165, 1.54) is 0 Å². The maximum Gasteiger partial charge on any atom is 0.101 e. The highest BCUT2D eigenvalue weighted by Gasteiger charge is 2.17. The monoisotopic (exact) mass is 279 g/mol. The molecule has 0 aromatic heterocycles. The van der Waals surface area contributed by atoms with E-state index in [4.69, 9.17) is 4.74 Å². The third-order valence-corrected chi connectivity index (χ3v) is 5.20. The quantitative estimate of drug-likeness (QED) is 0.782. The number of nitrogens with zero attached hydrogens (tertiary/aromatic N) is 1. The van der Waals surface area contributed by atoms with E-state index in [1.54, 1.807) is 11.8 Å².